The lowest BCUT2D eigenvalue weighted by atomic mass is 10.1. The highest BCUT2D eigenvalue weighted by Crippen LogP contribution is 2.10. The Morgan fingerprint density at radius 3 is 2.67 bits per heavy atom. The first-order valence-corrected chi connectivity index (χ1v) is 6.33. The van der Waals surface area contributed by atoms with Crippen molar-refractivity contribution in [1.29, 1.82) is 0 Å². The van der Waals surface area contributed by atoms with Gasteiger partial charge in [-0.05, 0) is 30.7 Å². The summed E-state index contributed by atoms with van der Waals surface area (Å²) >= 11 is 0. The van der Waals surface area contributed by atoms with Crippen molar-refractivity contribution >= 4 is 11.5 Å². The number of ketones is 1. The Bertz CT molecular complexity index is 371. The van der Waals surface area contributed by atoms with Gasteiger partial charge in [-0.1, -0.05) is 13.0 Å². The molecule has 0 spiro atoms. The molecule has 3 nitrogen and oxygen atoms in total. The van der Waals surface area contributed by atoms with Crippen LogP contribution in [0.4, 0.5) is 5.69 Å². The number of anilines is 1. The predicted molar refractivity (Wildman–Crippen MR) is 75.2 cm³/mol. The lowest BCUT2D eigenvalue weighted by molar-refractivity contribution is 0.0988. The van der Waals surface area contributed by atoms with Crippen LogP contribution in [-0.4, -0.2) is 25.5 Å². The fourth-order valence-electron chi connectivity index (χ4n) is 1.51. The highest BCUT2D eigenvalue weighted by Gasteiger charge is 2.01. The van der Waals surface area contributed by atoms with Gasteiger partial charge in [0.25, 0.3) is 0 Å². The molecular weight excluding hydrogens is 226 g/mol. The molecule has 0 unspecified atom stereocenters. The van der Waals surface area contributed by atoms with Crippen molar-refractivity contribution in [3.05, 3.63) is 42.5 Å². The van der Waals surface area contributed by atoms with Gasteiger partial charge in [0.05, 0.1) is 13.2 Å². The van der Waals surface area contributed by atoms with Crippen LogP contribution in [0.5, 0.6) is 0 Å². The third-order valence-electron chi connectivity index (χ3n) is 2.57. The van der Waals surface area contributed by atoms with Gasteiger partial charge in [-0.3, -0.25) is 4.79 Å². The first kappa shape index (κ1) is 14.5. The summed E-state index contributed by atoms with van der Waals surface area (Å²) in [4.78, 5) is 11.4. The van der Waals surface area contributed by atoms with Gasteiger partial charge in [0.15, 0.2) is 5.78 Å². The van der Waals surface area contributed by atoms with Crippen molar-refractivity contribution in [3.8, 4) is 0 Å². The molecule has 1 aromatic rings. The quantitative estimate of drug-likeness (QED) is 0.413. The van der Waals surface area contributed by atoms with E-state index in [2.05, 4.69) is 11.9 Å². The van der Waals surface area contributed by atoms with Gasteiger partial charge in [0.1, 0.15) is 0 Å². The third-order valence-corrected chi connectivity index (χ3v) is 2.57. The highest BCUT2D eigenvalue weighted by atomic mass is 16.5. The first-order chi connectivity index (χ1) is 8.77. The Balaban J connectivity index is 2.26. The average molecular weight is 247 g/mol. The van der Waals surface area contributed by atoms with E-state index in [0.29, 0.717) is 13.0 Å². The summed E-state index contributed by atoms with van der Waals surface area (Å²) in [6.45, 7) is 7.65. The zero-order valence-corrected chi connectivity index (χ0v) is 10.9. The molecule has 0 bridgehead atoms. The molecule has 1 N–H and O–H groups in total. The maximum atomic E-state index is 11.4. The fraction of sp³-hybridized carbons (Fsp3) is 0.400. The molecule has 0 saturated heterocycles. The Morgan fingerprint density at radius 1 is 1.33 bits per heavy atom. The maximum Gasteiger partial charge on any atom is 0.162 e. The monoisotopic (exact) mass is 247 g/mol. The number of Topliss-reactive ketones (excluding diaryl/α,β-unsaturated/α-hetero) is 1. The second-order valence-corrected chi connectivity index (χ2v) is 3.97. The number of ether oxygens (including phenoxy) is 1. The van der Waals surface area contributed by atoms with E-state index in [1.54, 1.807) is 0 Å². The average Bonchev–Trinajstić information content (AvgIpc) is 2.42. The molecule has 0 aliphatic rings. The minimum atomic E-state index is 0.175. The Hall–Kier alpha value is -1.61. The van der Waals surface area contributed by atoms with Gasteiger partial charge >= 0.3 is 0 Å². The molecule has 1 rings (SSSR count). The zero-order valence-electron chi connectivity index (χ0n) is 10.9. The van der Waals surface area contributed by atoms with Crippen LogP contribution in [-0.2, 0) is 4.74 Å². The van der Waals surface area contributed by atoms with Gasteiger partial charge in [-0.2, -0.15) is 0 Å². The summed E-state index contributed by atoms with van der Waals surface area (Å²) in [5, 5.41) is 3.24. The van der Waals surface area contributed by atoms with E-state index in [9.17, 15) is 4.79 Å². The Labute approximate surface area is 109 Å². The highest BCUT2D eigenvalue weighted by molar-refractivity contribution is 5.96. The molecule has 0 heterocycles. The lowest BCUT2D eigenvalue weighted by Gasteiger charge is -2.07. The van der Waals surface area contributed by atoms with Gasteiger partial charge < -0.3 is 10.1 Å². The molecule has 0 saturated carbocycles. The number of hydrogen-bond donors (Lipinski definition) is 1. The van der Waals surface area contributed by atoms with Crippen molar-refractivity contribution in [3.63, 3.8) is 0 Å². The molecule has 98 valence electrons. The fourth-order valence-corrected chi connectivity index (χ4v) is 1.51. The van der Waals surface area contributed by atoms with Crippen LogP contribution in [0.1, 0.15) is 30.1 Å². The molecule has 0 aliphatic carbocycles. The third kappa shape index (κ3) is 5.15. The van der Waals surface area contributed by atoms with Crippen LogP contribution in [0.2, 0.25) is 0 Å². The topological polar surface area (TPSA) is 38.3 Å². The van der Waals surface area contributed by atoms with Gasteiger partial charge in [-0.15, -0.1) is 6.58 Å². The first-order valence-electron chi connectivity index (χ1n) is 6.33. The van der Waals surface area contributed by atoms with Crippen molar-refractivity contribution in [2.75, 3.05) is 25.1 Å². The van der Waals surface area contributed by atoms with Crippen LogP contribution < -0.4 is 5.32 Å². The van der Waals surface area contributed by atoms with E-state index < -0.39 is 0 Å². The molecular formula is C15H21NO2. The van der Waals surface area contributed by atoms with Gasteiger partial charge in [0.2, 0.25) is 0 Å². The van der Waals surface area contributed by atoms with E-state index in [1.807, 2.05) is 37.3 Å². The van der Waals surface area contributed by atoms with Crippen molar-refractivity contribution in [1.82, 2.24) is 0 Å². The summed E-state index contributed by atoms with van der Waals surface area (Å²) in [7, 11) is 0. The second kappa shape index (κ2) is 8.48. The van der Waals surface area contributed by atoms with Crippen molar-refractivity contribution in [2.45, 2.75) is 19.8 Å². The van der Waals surface area contributed by atoms with E-state index in [1.165, 1.54) is 0 Å². The Morgan fingerprint density at radius 2 is 2.06 bits per heavy atom. The van der Waals surface area contributed by atoms with E-state index >= 15 is 0 Å². The van der Waals surface area contributed by atoms with Crippen LogP contribution in [0.25, 0.3) is 0 Å². The number of benzene rings is 1. The molecule has 0 amide bonds. The summed E-state index contributed by atoms with van der Waals surface area (Å²) in [5.74, 6) is 0.175. The number of nitrogens with one attached hydrogen (secondary N) is 1. The maximum absolute atomic E-state index is 11.4. The molecule has 0 aromatic heterocycles. The van der Waals surface area contributed by atoms with Crippen LogP contribution >= 0.6 is 0 Å². The van der Waals surface area contributed by atoms with E-state index in [4.69, 9.17) is 4.74 Å². The molecule has 0 aliphatic heterocycles. The number of carbonyl (C=O) groups is 1. The van der Waals surface area contributed by atoms with Crippen LogP contribution in [0.15, 0.2) is 36.9 Å². The van der Waals surface area contributed by atoms with Crippen LogP contribution in [0, 0.1) is 0 Å². The molecule has 0 radical (unpaired) electrons. The molecule has 1 aromatic carbocycles. The summed E-state index contributed by atoms with van der Waals surface area (Å²) < 4.78 is 5.39. The number of rotatable bonds is 9. The minimum Gasteiger partial charge on any atom is -0.383 e. The summed E-state index contributed by atoms with van der Waals surface area (Å²) in [6, 6.07) is 7.55. The van der Waals surface area contributed by atoms with Crippen molar-refractivity contribution in [2.24, 2.45) is 0 Å². The van der Waals surface area contributed by atoms with E-state index in [0.717, 1.165) is 30.8 Å². The summed E-state index contributed by atoms with van der Waals surface area (Å²) in [6.07, 6.45) is 3.27. The van der Waals surface area contributed by atoms with Crippen LogP contribution in [0.3, 0.4) is 0 Å². The second-order valence-electron chi connectivity index (χ2n) is 3.97. The largest absolute Gasteiger partial charge is 0.383 e. The lowest BCUT2D eigenvalue weighted by Crippen LogP contribution is -2.09. The molecule has 3 heteroatoms. The van der Waals surface area contributed by atoms with Gasteiger partial charge in [-0.25, -0.2) is 0 Å². The number of hydrogen-bond acceptors (Lipinski definition) is 3. The Kier molecular flexibility index (Phi) is 6.81. The standard InChI is InChI=1S/C15H21NO2/c1-3-5-11-18-12-10-16-14-8-6-13(7-9-14)15(17)4-2/h3,6-9,16H,1,4-5,10-12H2,2H3. The zero-order chi connectivity index (χ0) is 13.2. The minimum absolute atomic E-state index is 0.175. The van der Waals surface area contributed by atoms with E-state index in [-0.39, 0.29) is 5.78 Å². The predicted octanol–water partition coefficient (Wildman–Crippen LogP) is 3.28. The van der Waals surface area contributed by atoms with Crippen molar-refractivity contribution < 1.29 is 9.53 Å². The number of carbonyl (C=O) groups excluding carboxylic acids is 1. The molecule has 0 atom stereocenters. The normalized spacial score (nSPS) is 10.1. The SMILES string of the molecule is C=CCCOCCNc1ccc(C(=O)CC)cc1. The molecule has 0 fully saturated rings. The van der Waals surface area contributed by atoms with Gasteiger partial charge in [0, 0.05) is 24.2 Å². The smallest absolute Gasteiger partial charge is 0.162 e. The molecule has 18 heavy (non-hydrogen) atoms. The summed E-state index contributed by atoms with van der Waals surface area (Å²) in [5.41, 5.74) is 1.78.